The zero-order valence-corrected chi connectivity index (χ0v) is 13.0. The molecule has 1 heterocycles. The van der Waals surface area contributed by atoms with E-state index in [2.05, 4.69) is 30.6 Å². The number of rotatable bonds is 4. The van der Waals surface area contributed by atoms with Crippen molar-refractivity contribution in [1.29, 1.82) is 0 Å². The van der Waals surface area contributed by atoms with Gasteiger partial charge in [0.25, 0.3) is 0 Å². The van der Waals surface area contributed by atoms with E-state index >= 15 is 0 Å². The second kappa shape index (κ2) is 6.09. The maximum atomic E-state index is 11.5. The van der Waals surface area contributed by atoms with Crippen LogP contribution in [0.3, 0.4) is 0 Å². The lowest BCUT2D eigenvalue weighted by Crippen LogP contribution is -2.08. The number of hydrogen-bond acceptors (Lipinski definition) is 4. The third kappa shape index (κ3) is 3.02. The number of esters is 1. The van der Waals surface area contributed by atoms with Crippen molar-refractivity contribution in [2.24, 2.45) is 0 Å². The number of thiophene rings is 1. The van der Waals surface area contributed by atoms with Crippen molar-refractivity contribution in [2.45, 2.75) is 26.8 Å². The van der Waals surface area contributed by atoms with E-state index in [1.54, 1.807) is 17.4 Å². The van der Waals surface area contributed by atoms with Crippen molar-refractivity contribution in [3.05, 3.63) is 51.2 Å². The lowest BCUT2D eigenvalue weighted by molar-refractivity contribution is 0.0600. The molecule has 0 spiro atoms. The first-order chi connectivity index (χ1) is 9.52. The standard InChI is InChI=1S/C16H19NO2S/c1-10-7-8-20-15(10)12(3)17-14-6-5-13(9-11(14)2)16(18)19-4/h5-9,12,17H,1-4H3. The lowest BCUT2D eigenvalue weighted by Gasteiger charge is -2.17. The first-order valence-corrected chi connectivity index (χ1v) is 7.40. The normalized spacial score (nSPS) is 12.0. The molecular formula is C16H19NO2S. The van der Waals surface area contributed by atoms with Crippen molar-refractivity contribution in [3.63, 3.8) is 0 Å². The molecule has 3 nitrogen and oxygen atoms in total. The number of ether oxygens (including phenoxy) is 1. The maximum absolute atomic E-state index is 11.5. The average molecular weight is 289 g/mol. The molecule has 0 aliphatic carbocycles. The molecule has 1 aromatic carbocycles. The van der Waals surface area contributed by atoms with Gasteiger partial charge >= 0.3 is 5.97 Å². The number of hydrogen-bond donors (Lipinski definition) is 1. The number of anilines is 1. The molecule has 0 bridgehead atoms. The lowest BCUT2D eigenvalue weighted by atomic mass is 10.1. The SMILES string of the molecule is COC(=O)c1ccc(NC(C)c2sccc2C)c(C)c1. The monoisotopic (exact) mass is 289 g/mol. The van der Waals surface area contributed by atoms with Crippen LogP contribution in [0.5, 0.6) is 0 Å². The van der Waals surface area contributed by atoms with Gasteiger partial charge in [-0.3, -0.25) is 0 Å². The van der Waals surface area contributed by atoms with Crippen LogP contribution in [0.2, 0.25) is 0 Å². The molecule has 106 valence electrons. The molecule has 4 heteroatoms. The summed E-state index contributed by atoms with van der Waals surface area (Å²) in [6.45, 7) is 6.26. The summed E-state index contributed by atoms with van der Waals surface area (Å²) in [7, 11) is 1.39. The van der Waals surface area contributed by atoms with Crippen LogP contribution in [0.1, 0.15) is 39.3 Å². The van der Waals surface area contributed by atoms with Gasteiger partial charge in [0, 0.05) is 10.6 Å². The van der Waals surface area contributed by atoms with E-state index in [4.69, 9.17) is 4.74 Å². The molecule has 0 amide bonds. The van der Waals surface area contributed by atoms with E-state index < -0.39 is 0 Å². The van der Waals surface area contributed by atoms with Crippen LogP contribution >= 0.6 is 11.3 Å². The van der Waals surface area contributed by atoms with Gasteiger partial charge in [-0.05, 0) is 61.5 Å². The second-order valence-corrected chi connectivity index (χ2v) is 5.80. The zero-order chi connectivity index (χ0) is 14.7. The van der Waals surface area contributed by atoms with E-state index in [0.717, 1.165) is 11.3 Å². The fourth-order valence-electron chi connectivity index (χ4n) is 2.20. The number of aryl methyl sites for hydroxylation is 2. The quantitative estimate of drug-likeness (QED) is 0.852. The van der Waals surface area contributed by atoms with E-state index in [1.165, 1.54) is 17.6 Å². The fraction of sp³-hybridized carbons (Fsp3) is 0.312. The molecule has 0 saturated carbocycles. The molecule has 0 aliphatic heterocycles. The molecule has 2 rings (SSSR count). The highest BCUT2D eigenvalue weighted by atomic mass is 32.1. The number of nitrogens with one attached hydrogen (secondary N) is 1. The summed E-state index contributed by atoms with van der Waals surface area (Å²) in [5.74, 6) is -0.304. The highest BCUT2D eigenvalue weighted by molar-refractivity contribution is 7.10. The summed E-state index contributed by atoms with van der Waals surface area (Å²) >= 11 is 1.76. The molecule has 1 N–H and O–H groups in total. The van der Waals surface area contributed by atoms with E-state index in [0.29, 0.717) is 5.56 Å². The van der Waals surface area contributed by atoms with Gasteiger partial charge in [-0.15, -0.1) is 11.3 Å². The van der Waals surface area contributed by atoms with Crippen molar-refractivity contribution >= 4 is 23.0 Å². The van der Waals surface area contributed by atoms with Gasteiger partial charge < -0.3 is 10.1 Å². The zero-order valence-electron chi connectivity index (χ0n) is 12.2. The van der Waals surface area contributed by atoms with Crippen LogP contribution in [0.15, 0.2) is 29.6 Å². The Balaban J connectivity index is 2.18. The summed E-state index contributed by atoms with van der Waals surface area (Å²) in [5.41, 5.74) is 3.96. The van der Waals surface area contributed by atoms with Crippen LogP contribution in [0.25, 0.3) is 0 Å². The summed E-state index contributed by atoms with van der Waals surface area (Å²) in [4.78, 5) is 12.8. The largest absolute Gasteiger partial charge is 0.465 e. The minimum absolute atomic E-state index is 0.248. The van der Waals surface area contributed by atoms with Crippen LogP contribution in [0, 0.1) is 13.8 Å². The summed E-state index contributed by atoms with van der Waals surface area (Å²) in [6, 6.07) is 7.95. The minimum atomic E-state index is -0.304. The Bertz CT molecular complexity index is 619. The number of benzene rings is 1. The Morgan fingerprint density at radius 2 is 2.00 bits per heavy atom. The Morgan fingerprint density at radius 3 is 2.55 bits per heavy atom. The number of carbonyl (C=O) groups is 1. The van der Waals surface area contributed by atoms with Crippen molar-refractivity contribution < 1.29 is 9.53 Å². The van der Waals surface area contributed by atoms with Crippen LogP contribution in [-0.4, -0.2) is 13.1 Å². The van der Waals surface area contributed by atoms with Crippen molar-refractivity contribution in [3.8, 4) is 0 Å². The number of methoxy groups -OCH3 is 1. The Labute approximate surface area is 123 Å². The summed E-state index contributed by atoms with van der Waals surface area (Å²) < 4.78 is 4.73. The van der Waals surface area contributed by atoms with Gasteiger partial charge in [-0.2, -0.15) is 0 Å². The van der Waals surface area contributed by atoms with Crippen LogP contribution in [0.4, 0.5) is 5.69 Å². The van der Waals surface area contributed by atoms with Gasteiger partial charge in [0.1, 0.15) is 0 Å². The molecule has 1 aromatic heterocycles. The third-order valence-corrected chi connectivity index (χ3v) is 4.52. The van der Waals surface area contributed by atoms with Gasteiger partial charge in [-0.1, -0.05) is 0 Å². The van der Waals surface area contributed by atoms with Gasteiger partial charge in [0.2, 0.25) is 0 Å². The fourth-order valence-corrected chi connectivity index (χ4v) is 3.13. The first kappa shape index (κ1) is 14.6. The third-order valence-electron chi connectivity index (χ3n) is 3.31. The Morgan fingerprint density at radius 1 is 1.25 bits per heavy atom. The predicted octanol–water partition coefficient (Wildman–Crippen LogP) is 4.32. The van der Waals surface area contributed by atoms with E-state index in [9.17, 15) is 4.79 Å². The molecule has 20 heavy (non-hydrogen) atoms. The molecule has 1 atom stereocenters. The second-order valence-electron chi connectivity index (χ2n) is 4.86. The highest BCUT2D eigenvalue weighted by Crippen LogP contribution is 2.28. The van der Waals surface area contributed by atoms with Crippen LogP contribution in [-0.2, 0) is 4.74 Å². The minimum Gasteiger partial charge on any atom is -0.465 e. The topological polar surface area (TPSA) is 38.3 Å². The van der Waals surface area contributed by atoms with E-state index in [-0.39, 0.29) is 12.0 Å². The van der Waals surface area contributed by atoms with Crippen LogP contribution < -0.4 is 5.32 Å². The maximum Gasteiger partial charge on any atom is 0.337 e. The molecule has 0 radical (unpaired) electrons. The highest BCUT2D eigenvalue weighted by Gasteiger charge is 2.12. The van der Waals surface area contributed by atoms with Crippen molar-refractivity contribution in [2.75, 3.05) is 12.4 Å². The molecule has 1 unspecified atom stereocenters. The predicted molar refractivity (Wildman–Crippen MR) is 83.6 cm³/mol. The van der Waals surface area contributed by atoms with Gasteiger partial charge in [-0.25, -0.2) is 4.79 Å². The van der Waals surface area contributed by atoms with Gasteiger partial charge in [0.15, 0.2) is 0 Å². The molecule has 0 fully saturated rings. The summed E-state index contributed by atoms with van der Waals surface area (Å²) in [5, 5.41) is 5.60. The smallest absolute Gasteiger partial charge is 0.337 e. The average Bonchev–Trinajstić information content (AvgIpc) is 2.86. The molecular weight excluding hydrogens is 270 g/mol. The molecule has 0 saturated heterocycles. The Hall–Kier alpha value is -1.81. The molecule has 0 aliphatic rings. The van der Waals surface area contributed by atoms with Gasteiger partial charge in [0.05, 0.1) is 18.7 Å². The first-order valence-electron chi connectivity index (χ1n) is 6.52. The van der Waals surface area contributed by atoms with Crippen molar-refractivity contribution in [1.82, 2.24) is 0 Å². The molecule has 2 aromatic rings. The van der Waals surface area contributed by atoms with E-state index in [1.807, 2.05) is 19.1 Å². The summed E-state index contributed by atoms with van der Waals surface area (Å²) in [6.07, 6.45) is 0. The Kier molecular flexibility index (Phi) is 4.45. The number of carbonyl (C=O) groups excluding carboxylic acids is 1.